The number of nitrogens with zero attached hydrogens (tertiary/aromatic N) is 5. The Hall–Kier alpha value is -1.88. The Bertz CT molecular complexity index is 778. The van der Waals surface area contributed by atoms with E-state index in [4.69, 9.17) is 29.2 Å². The number of ether oxygens (including phenoxy) is 1. The van der Waals surface area contributed by atoms with Crippen LogP contribution in [-0.2, 0) is 11.3 Å². The topological polar surface area (TPSA) is 92.1 Å². The van der Waals surface area contributed by atoms with Crippen LogP contribution in [0.3, 0.4) is 0 Å². The van der Waals surface area contributed by atoms with E-state index in [1.165, 1.54) is 5.37 Å². The van der Waals surface area contributed by atoms with Gasteiger partial charge in [-0.05, 0) is 46.1 Å². The van der Waals surface area contributed by atoms with Crippen LogP contribution in [0.25, 0.3) is 0 Å². The molecule has 11 heteroatoms. The third-order valence-corrected chi connectivity index (χ3v) is 4.08. The summed E-state index contributed by atoms with van der Waals surface area (Å²) in [6, 6.07) is 1.80. The molecule has 152 valence electrons. The Balaban J connectivity index is 0.00000392. The molecule has 0 aliphatic carbocycles. The Labute approximate surface area is 181 Å². The van der Waals surface area contributed by atoms with Gasteiger partial charge in [0.25, 0.3) is 0 Å². The third-order valence-electron chi connectivity index (χ3n) is 3.66. The Morgan fingerprint density at radius 1 is 1.36 bits per heavy atom. The number of carbonyl (C=O) groups is 1. The molecule has 28 heavy (non-hydrogen) atoms. The van der Waals surface area contributed by atoms with Crippen molar-refractivity contribution in [1.82, 2.24) is 20.2 Å². The molecule has 0 aromatic carbocycles. The second-order valence-corrected chi connectivity index (χ2v) is 7.63. The number of carbonyl (C=O) groups excluding carboxylic acids is 1. The first-order valence-electron chi connectivity index (χ1n) is 8.23. The molecule has 1 aromatic rings. The lowest BCUT2D eigenvalue weighted by Crippen LogP contribution is -2.58. The van der Waals surface area contributed by atoms with Crippen molar-refractivity contribution in [3.63, 3.8) is 0 Å². The van der Waals surface area contributed by atoms with Crippen LogP contribution >= 0.6 is 36.8 Å². The van der Waals surface area contributed by atoms with E-state index in [0.717, 1.165) is 5.69 Å². The zero-order valence-electron chi connectivity index (χ0n) is 16.1. The first-order valence-corrected chi connectivity index (χ1v) is 9.11. The summed E-state index contributed by atoms with van der Waals surface area (Å²) >= 11 is 9.89. The minimum absolute atomic E-state index is 0. The molecule has 0 bridgehead atoms. The second kappa shape index (κ2) is 10.1. The Kier molecular flexibility index (Phi) is 8.68. The summed E-state index contributed by atoms with van der Waals surface area (Å²) in [7, 11) is 1.88. The van der Waals surface area contributed by atoms with Crippen LogP contribution in [0.4, 0.5) is 4.79 Å². The Morgan fingerprint density at radius 3 is 2.57 bits per heavy atom. The molecule has 0 fully saturated rings. The molecule has 1 aromatic heterocycles. The van der Waals surface area contributed by atoms with Crippen LogP contribution in [0, 0.1) is 0 Å². The van der Waals surface area contributed by atoms with Crippen LogP contribution in [-0.4, -0.2) is 68.6 Å². The van der Waals surface area contributed by atoms with Gasteiger partial charge in [-0.15, -0.1) is 12.4 Å². The molecular formula is C17H23ClN6O2S2. The minimum atomic E-state index is -0.776. The highest BCUT2D eigenvalue weighted by molar-refractivity contribution is 7.80. The first kappa shape index (κ1) is 24.2. The van der Waals surface area contributed by atoms with E-state index in [9.17, 15) is 4.79 Å². The molecule has 0 saturated carbocycles. The van der Waals surface area contributed by atoms with Crippen molar-refractivity contribution in [2.75, 3.05) is 13.6 Å². The van der Waals surface area contributed by atoms with Gasteiger partial charge in [-0.3, -0.25) is 4.90 Å². The number of aromatic nitrogens is 2. The molecule has 0 spiro atoms. The van der Waals surface area contributed by atoms with Crippen LogP contribution < -0.4 is 5.32 Å². The summed E-state index contributed by atoms with van der Waals surface area (Å²) in [5.41, 5.74) is -0.588. The van der Waals surface area contributed by atoms with Crippen molar-refractivity contribution < 1.29 is 9.53 Å². The number of halogens is 1. The average Bonchev–Trinajstić information content (AvgIpc) is 2.60. The smallest absolute Gasteiger partial charge is 0.407 e. The second-order valence-electron chi connectivity index (χ2n) is 7.03. The third kappa shape index (κ3) is 6.93. The lowest BCUT2D eigenvalue weighted by molar-refractivity contribution is 0.0512. The van der Waals surface area contributed by atoms with Gasteiger partial charge in [0, 0.05) is 37.1 Å². The van der Waals surface area contributed by atoms with Crippen molar-refractivity contribution in [2.45, 2.75) is 38.5 Å². The van der Waals surface area contributed by atoms with Gasteiger partial charge in [0.15, 0.2) is 5.82 Å². The largest absolute Gasteiger partial charge is 0.444 e. The van der Waals surface area contributed by atoms with Crippen molar-refractivity contribution >= 4 is 65.8 Å². The first-order chi connectivity index (χ1) is 12.6. The highest BCUT2D eigenvalue weighted by Gasteiger charge is 2.35. The van der Waals surface area contributed by atoms with E-state index < -0.39 is 17.2 Å². The molecule has 1 aliphatic heterocycles. The van der Waals surface area contributed by atoms with Gasteiger partial charge in [-0.2, -0.15) is 0 Å². The summed E-state index contributed by atoms with van der Waals surface area (Å²) in [6.07, 6.45) is 4.47. The summed E-state index contributed by atoms with van der Waals surface area (Å²) in [4.78, 5) is 30.8. The molecular weight excluding hydrogens is 420 g/mol. The van der Waals surface area contributed by atoms with Gasteiger partial charge in [-0.1, -0.05) is 12.2 Å². The number of aliphatic imine (C=N–C) groups is 2. The zero-order valence-corrected chi connectivity index (χ0v) is 18.5. The molecule has 2 rings (SSSR count). The number of hydrogen-bond acceptors (Lipinski definition) is 7. The fourth-order valence-electron chi connectivity index (χ4n) is 2.30. The molecule has 2 heterocycles. The van der Waals surface area contributed by atoms with E-state index in [2.05, 4.69) is 25.3 Å². The molecule has 1 amide bonds. The highest BCUT2D eigenvalue weighted by Crippen LogP contribution is 2.16. The van der Waals surface area contributed by atoms with Crippen LogP contribution in [0.2, 0.25) is 0 Å². The van der Waals surface area contributed by atoms with Gasteiger partial charge in [-0.25, -0.2) is 24.7 Å². The molecule has 0 atom stereocenters. The molecule has 8 nitrogen and oxygen atoms in total. The lowest BCUT2D eigenvalue weighted by atomic mass is 9.99. The van der Waals surface area contributed by atoms with Crippen molar-refractivity contribution in [2.24, 2.45) is 9.98 Å². The maximum Gasteiger partial charge on any atom is 0.407 e. The van der Waals surface area contributed by atoms with Crippen LogP contribution in [0.5, 0.6) is 0 Å². The van der Waals surface area contributed by atoms with Crippen LogP contribution in [0.15, 0.2) is 22.2 Å². The molecule has 0 unspecified atom stereocenters. The van der Waals surface area contributed by atoms with E-state index in [1.54, 1.807) is 45.5 Å². The van der Waals surface area contributed by atoms with E-state index in [1.807, 2.05) is 11.9 Å². The fraction of sp³-hybridized carbons (Fsp3) is 0.471. The number of likely N-dealkylation sites (N-methyl/N-ethyl adjacent to an activating group) is 1. The number of thiocarbonyl (C=S) groups is 2. The minimum Gasteiger partial charge on any atom is -0.444 e. The molecule has 0 saturated heterocycles. The highest BCUT2D eigenvalue weighted by atomic mass is 35.5. The quantitative estimate of drug-likeness (QED) is 0.676. The van der Waals surface area contributed by atoms with E-state index >= 15 is 0 Å². The average molecular weight is 443 g/mol. The SMILES string of the molecule is CN(Cc1ccnc(C=S)n1)C1(CNC(=O)OC(C)(C)C)C=NC(=S)N=C1.Cl. The molecule has 0 radical (unpaired) electrons. The lowest BCUT2D eigenvalue weighted by Gasteiger charge is -2.37. The van der Waals surface area contributed by atoms with Gasteiger partial charge in [0.2, 0.25) is 5.11 Å². The standard InChI is InChI=1S/C17H22N6O2S2.ClH/c1-16(2,3)25-15(24)21-11-17(9-19-14(27)20-10-17)23(4)7-12-5-6-18-13(8-26)22-12;/h5-6,8-10H,7,11H2,1-4H3,(H,21,24);1H. The number of nitrogens with one attached hydrogen (secondary N) is 1. The Morgan fingerprint density at radius 2 is 2.00 bits per heavy atom. The fourth-order valence-corrected chi connectivity index (χ4v) is 2.52. The van der Waals surface area contributed by atoms with Gasteiger partial charge < -0.3 is 10.1 Å². The zero-order chi connectivity index (χ0) is 20.1. The van der Waals surface area contributed by atoms with E-state index in [0.29, 0.717) is 12.4 Å². The summed E-state index contributed by atoms with van der Waals surface area (Å²) < 4.78 is 5.30. The van der Waals surface area contributed by atoms with Gasteiger partial charge in [0.1, 0.15) is 11.1 Å². The monoisotopic (exact) mass is 442 g/mol. The normalized spacial score (nSPS) is 15.1. The maximum absolute atomic E-state index is 12.1. The van der Waals surface area contributed by atoms with E-state index in [-0.39, 0.29) is 24.1 Å². The molecule has 1 aliphatic rings. The van der Waals surface area contributed by atoms with Crippen molar-refractivity contribution in [1.29, 1.82) is 0 Å². The van der Waals surface area contributed by atoms with Gasteiger partial charge >= 0.3 is 6.09 Å². The number of hydrogen-bond donors (Lipinski definition) is 1. The van der Waals surface area contributed by atoms with Gasteiger partial charge in [0.05, 0.1) is 5.69 Å². The van der Waals surface area contributed by atoms with Crippen molar-refractivity contribution in [3.05, 3.63) is 23.8 Å². The van der Waals surface area contributed by atoms with Crippen LogP contribution in [0.1, 0.15) is 32.3 Å². The number of alkyl carbamates (subject to hydrolysis) is 1. The summed E-state index contributed by atoms with van der Waals surface area (Å²) in [6.45, 7) is 6.08. The summed E-state index contributed by atoms with van der Waals surface area (Å²) in [5, 5.41) is 4.43. The number of amides is 1. The molecule has 1 N–H and O–H groups in total. The maximum atomic E-state index is 12.1. The summed E-state index contributed by atoms with van der Waals surface area (Å²) in [5.74, 6) is 0.476. The predicted octanol–water partition coefficient (Wildman–Crippen LogP) is 2.38. The van der Waals surface area contributed by atoms with Crippen molar-refractivity contribution in [3.8, 4) is 0 Å². The predicted molar refractivity (Wildman–Crippen MR) is 120 cm³/mol. The number of rotatable bonds is 6.